The Hall–Kier alpha value is -5.17. The number of hydrogen-bond donors (Lipinski definition) is 1. The van der Waals surface area contributed by atoms with Gasteiger partial charge < -0.3 is 9.47 Å². The largest absolute Gasteiger partial charge is 0.489 e. The quantitative estimate of drug-likeness (QED) is 0.184. The minimum Gasteiger partial charge on any atom is -0.489 e. The molecule has 1 aromatic heterocycles. The highest BCUT2D eigenvalue weighted by molar-refractivity contribution is 5.89. The molecule has 194 valence electrons. The van der Waals surface area contributed by atoms with Crippen molar-refractivity contribution in [2.75, 3.05) is 6.61 Å². The summed E-state index contributed by atoms with van der Waals surface area (Å²) in [6, 6.07) is 35.1. The van der Waals surface area contributed by atoms with Gasteiger partial charge in [0.15, 0.2) is 6.61 Å². The SMILES string of the molecule is Cc1ccc(OCC(=O)NN=Cc2cn(-c3ccccc3)nc2-c2ccc(OCc3ccccc3)cc2)cc1. The summed E-state index contributed by atoms with van der Waals surface area (Å²) in [5.74, 6) is 1.03. The number of para-hydroxylation sites is 1. The minimum atomic E-state index is -0.358. The van der Waals surface area contributed by atoms with E-state index < -0.39 is 0 Å². The van der Waals surface area contributed by atoms with E-state index in [0.29, 0.717) is 12.4 Å². The van der Waals surface area contributed by atoms with Crippen LogP contribution in [0.3, 0.4) is 0 Å². The summed E-state index contributed by atoms with van der Waals surface area (Å²) in [5.41, 5.74) is 8.04. The van der Waals surface area contributed by atoms with Gasteiger partial charge in [-0.15, -0.1) is 0 Å². The first-order valence-corrected chi connectivity index (χ1v) is 12.6. The van der Waals surface area contributed by atoms with Gasteiger partial charge in [0.1, 0.15) is 23.8 Å². The van der Waals surface area contributed by atoms with Crippen molar-refractivity contribution >= 4 is 12.1 Å². The number of aromatic nitrogens is 2. The number of ether oxygens (including phenoxy) is 2. The molecule has 7 nitrogen and oxygen atoms in total. The van der Waals surface area contributed by atoms with Gasteiger partial charge in [0.25, 0.3) is 5.91 Å². The minimum absolute atomic E-state index is 0.138. The number of hydrazone groups is 1. The molecule has 0 bridgehead atoms. The summed E-state index contributed by atoms with van der Waals surface area (Å²) in [7, 11) is 0. The van der Waals surface area contributed by atoms with E-state index in [1.807, 2.05) is 122 Å². The first-order valence-electron chi connectivity index (χ1n) is 12.6. The number of hydrogen-bond acceptors (Lipinski definition) is 5. The second-order valence-corrected chi connectivity index (χ2v) is 8.91. The zero-order valence-electron chi connectivity index (χ0n) is 21.5. The fraction of sp³-hybridized carbons (Fsp3) is 0.0938. The van der Waals surface area contributed by atoms with Crippen LogP contribution in [0.4, 0.5) is 0 Å². The molecule has 5 rings (SSSR count). The number of benzene rings is 4. The molecule has 1 amide bonds. The molecule has 0 spiro atoms. The third-order valence-corrected chi connectivity index (χ3v) is 5.92. The Balaban J connectivity index is 1.29. The van der Waals surface area contributed by atoms with E-state index in [-0.39, 0.29) is 12.5 Å². The molecule has 0 atom stereocenters. The molecule has 0 aliphatic carbocycles. The zero-order valence-corrected chi connectivity index (χ0v) is 21.5. The van der Waals surface area contributed by atoms with E-state index in [4.69, 9.17) is 14.6 Å². The van der Waals surface area contributed by atoms with E-state index in [9.17, 15) is 4.79 Å². The molecule has 0 aliphatic heterocycles. The van der Waals surface area contributed by atoms with Crippen molar-refractivity contribution in [1.82, 2.24) is 15.2 Å². The highest BCUT2D eigenvalue weighted by atomic mass is 16.5. The van der Waals surface area contributed by atoms with Crippen LogP contribution in [0.25, 0.3) is 16.9 Å². The molecular formula is C32H28N4O3. The number of aryl methyl sites for hydroxylation is 1. The fourth-order valence-corrected chi connectivity index (χ4v) is 3.86. The Morgan fingerprint density at radius 2 is 1.49 bits per heavy atom. The molecular weight excluding hydrogens is 488 g/mol. The normalized spacial score (nSPS) is 10.9. The van der Waals surface area contributed by atoms with Crippen LogP contribution < -0.4 is 14.9 Å². The summed E-state index contributed by atoms with van der Waals surface area (Å²) in [6.45, 7) is 2.35. The molecule has 4 aromatic carbocycles. The van der Waals surface area contributed by atoms with Crippen molar-refractivity contribution in [3.63, 3.8) is 0 Å². The van der Waals surface area contributed by atoms with Crippen LogP contribution in [0, 0.1) is 6.92 Å². The second-order valence-electron chi connectivity index (χ2n) is 8.91. The Bertz CT molecular complexity index is 1530. The van der Waals surface area contributed by atoms with Crippen molar-refractivity contribution in [2.45, 2.75) is 13.5 Å². The van der Waals surface area contributed by atoms with Crippen LogP contribution in [0.1, 0.15) is 16.7 Å². The van der Waals surface area contributed by atoms with Crippen LogP contribution >= 0.6 is 0 Å². The number of carbonyl (C=O) groups excluding carboxylic acids is 1. The maximum absolute atomic E-state index is 12.3. The molecule has 1 heterocycles. The van der Waals surface area contributed by atoms with Gasteiger partial charge in [-0.1, -0.05) is 66.2 Å². The standard InChI is InChI=1S/C32H28N4O3/c1-24-12-16-29(17-13-24)39-23-31(37)34-33-20-27-21-36(28-10-6-3-7-11-28)35-32(27)26-14-18-30(19-15-26)38-22-25-8-4-2-5-9-25/h2-21H,22-23H2,1H3,(H,34,37). The van der Waals surface area contributed by atoms with E-state index in [1.54, 1.807) is 10.9 Å². The van der Waals surface area contributed by atoms with Gasteiger partial charge in [-0.2, -0.15) is 10.2 Å². The van der Waals surface area contributed by atoms with Crippen molar-refractivity contribution in [3.8, 4) is 28.4 Å². The first kappa shape index (κ1) is 25.5. The topological polar surface area (TPSA) is 77.7 Å². The third kappa shape index (κ3) is 6.99. The van der Waals surface area contributed by atoms with E-state index in [0.717, 1.165) is 39.4 Å². The maximum atomic E-state index is 12.3. The van der Waals surface area contributed by atoms with Gasteiger partial charge in [-0.05, 0) is 61.0 Å². The summed E-state index contributed by atoms with van der Waals surface area (Å²) < 4.78 is 13.2. The lowest BCUT2D eigenvalue weighted by molar-refractivity contribution is -0.123. The van der Waals surface area contributed by atoms with Gasteiger partial charge in [0.05, 0.1) is 11.9 Å². The highest BCUT2D eigenvalue weighted by Crippen LogP contribution is 2.25. The molecule has 1 N–H and O–H groups in total. The van der Waals surface area contributed by atoms with Gasteiger partial charge in [0, 0.05) is 17.3 Å². The molecule has 0 unspecified atom stereocenters. The van der Waals surface area contributed by atoms with Crippen molar-refractivity contribution < 1.29 is 14.3 Å². The smallest absolute Gasteiger partial charge is 0.277 e. The van der Waals surface area contributed by atoms with E-state index >= 15 is 0 Å². The van der Waals surface area contributed by atoms with Crippen LogP contribution in [0.2, 0.25) is 0 Å². The van der Waals surface area contributed by atoms with Gasteiger partial charge in [-0.3, -0.25) is 4.79 Å². The average molecular weight is 517 g/mol. The Morgan fingerprint density at radius 1 is 0.846 bits per heavy atom. The van der Waals surface area contributed by atoms with Gasteiger partial charge in [0.2, 0.25) is 0 Å². The molecule has 5 aromatic rings. The first-order chi connectivity index (χ1) is 19.1. The number of rotatable bonds is 10. The predicted molar refractivity (Wildman–Crippen MR) is 152 cm³/mol. The molecule has 0 radical (unpaired) electrons. The van der Waals surface area contributed by atoms with Crippen LogP contribution in [0.15, 0.2) is 120 Å². The Labute approximate surface area is 227 Å². The van der Waals surface area contributed by atoms with Gasteiger partial charge in [-0.25, -0.2) is 10.1 Å². The van der Waals surface area contributed by atoms with Gasteiger partial charge >= 0.3 is 0 Å². The molecule has 39 heavy (non-hydrogen) atoms. The number of carbonyl (C=O) groups is 1. The second kappa shape index (κ2) is 12.4. The van der Waals surface area contributed by atoms with Crippen molar-refractivity contribution in [3.05, 3.63) is 132 Å². The summed E-state index contributed by atoms with van der Waals surface area (Å²) in [6.07, 6.45) is 3.47. The van der Waals surface area contributed by atoms with Crippen LogP contribution in [-0.2, 0) is 11.4 Å². The Morgan fingerprint density at radius 3 is 2.21 bits per heavy atom. The zero-order chi connectivity index (χ0) is 26.9. The summed E-state index contributed by atoms with van der Waals surface area (Å²) >= 11 is 0. The monoisotopic (exact) mass is 516 g/mol. The van der Waals surface area contributed by atoms with Crippen LogP contribution in [0.5, 0.6) is 11.5 Å². The number of amides is 1. The molecule has 0 saturated carbocycles. The lowest BCUT2D eigenvalue weighted by Gasteiger charge is -2.07. The fourth-order valence-electron chi connectivity index (χ4n) is 3.86. The summed E-state index contributed by atoms with van der Waals surface area (Å²) in [4.78, 5) is 12.3. The maximum Gasteiger partial charge on any atom is 0.277 e. The van der Waals surface area contributed by atoms with E-state index in [1.165, 1.54) is 0 Å². The van der Waals surface area contributed by atoms with E-state index in [2.05, 4.69) is 10.5 Å². The molecule has 0 aliphatic rings. The van der Waals surface area contributed by atoms with Crippen molar-refractivity contribution in [1.29, 1.82) is 0 Å². The molecule has 0 saturated heterocycles. The Kier molecular flexibility index (Phi) is 8.09. The molecule has 7 heteroatoms. The van der Waals surface area contributed by atoms with Crippen LogP contribution in [-0.4, -0.2) is 28.5 Å². The highest BCUT2D eigenvalue weighted by Gasteiger charge is 2.12. The average Bonchev–Trinajstić information content (AvgIpc) is 3.41. The lowest BCUT2D eigenvalue weighted by atomic mass is 10.1. The number of nitrogens with one attached hydrogen (secondary N) is 1. The summed E-state index contributed by atoms with van der Waals surface area (Å²) in [5, 5.41) is 8.96. The molecule has 0 fully saturated rings. The van der Waals surface area contributed by atoms with Crippen molar-refractivity contribution in [2.24, 2.45) is 5.10 Å². The number of nitrogens with zero attached hydrogens (tertiary/aromatic N) is 3. The lowest BCUT2D eigenvalue weighted by Crippen LogP contribution is -2.24. The predicted octanol–water partition coefficient (Wildman–Crippen LogP) is 5.96. The third-order valence-electron chi connectivity index (χ3n) is 5.92.